The summed E-state index contributed by atoms with van der Waals surface area (Å²) in [6.45, 7) is 4.89. The van der Waals surface area contributed by atoms with Crippen molar-refractivity contribution in [3.05, 3.63) is 0 Å². The number of hydrogen-bond acceptors (Lipinski definition) is 3. The van der Waals surface area contributed by atoms with Crippen LogP contribution in [-0.4, -0.2) is 52.2 Å². The highest BCUT2D eigenvalue weighted by Gasteiger charge is 1.98. The Morgan fingerprint density at radius 2 is 1.00 bits per heavy atom. The molecule has 0 unspecified atom stereocenters. The van der Waals surface area contributed by atoms with Crippen molar-refractivity contribution in [2.45, 2.75) is 51.4 Å². The fourth-order valence-corrected chi connectivity index (χ4v) is 2.19. The predicted molar refractivity (Wildman–Crippen MR) is 82.3 cm³/mol. The van der Waals surface area contributed by atoms with Gasteiger partial charge in [-0.1, -0.05) is 25.7 Å². The summed E-state index contributed by atoms with van der Waals surface area (Å²) in [4.78, 5) is 2.50. The summed E-state index contributed by atoms with van der Waals surface area (Å²) in [6, 6.07) is 0. The van der Waals surface area contributed by atoms with E-state index in [2.05, 4.69) is 22.6 Å². The third-order valence-corrected chi connectivity index (χ3v) is 3.43. The molecule has 18 heavy (non-hydrogen) atoms. The topological polar surface area (TPSA) is 27.3 Å². The normalized spacial score (nSPS) is 11.3. The molecule has 0 saturated carbocycles. The second-order valence-corrected chi connectivity index (χ2v) is 5.34. The van der Waals surface area contributed by atoms with Gasteiger partial charge in [-0.2, -0.15) is 0 Å². The van der Waals surface area contributed by atoms with Gasteiger partial charge in [-0.25, -0.2) is 0 Å². The van der Waals surface area contributed by atoms with Crippen molar-refractivity contribution in [3.63, 3.8) is 0 Å². The SMILES string of the molecule is CNCCCCCCN(C)CCCCCCNC. The molecule has 0 saturated heterocycles. The van der Waals surface area contributed by atoms with Gasteiger partial charge in [0, 0.05) is 0 Å². The number of rotatable bonds is 14. The maximum absolute atomic E-state index is 3.20. The zero-order valence-electron chi connectivity index (χ0n) is 12.9. The Bertz CT molecular complexity index is 135. The monoisotopic (exact) mass is 257 g/mol. The van der Waals surface area contributed by atoms with E-state index < -0.39 is 0 Å². The zero-order chi connectivity index (χ0) is 13.5. The summed E-state index contributed by atoms with van der Waals surface area (Å²) < 4.78 is 0. The zero-order valence-corrected chi connectivity index (χ0v) is 12.9. The van der Waals surface area contributed by atoms with Crippen molar-refractivity contribution < 1.29 is 0 Å². The van der Waals surface area contributed by atoms with Crippen LogP contribution in [0, 0.1) is 0 Å². The molecule has 0 aliphatic heterocycles. The smallest absolute Gasteiger partial charge is 0.00218 e. The molecule has 0 spiro atoms. The van der Waals surface area contributed by atoms with Crippen LogP contribution in [0.15, 0.2) is 0 Å². The first kappa shape index (κ1) is 17.9. The Morgan fingerprint density at radius 3 is 1.39 bits per heavy atom. The summed E-state index contributed by atoms with van der Waals surface area (Å²) in [5.41, 5.74) is 0. The van der Waals surface area contributed by atoms with Crippen LogP contribution in [0.4, 0.5) is 0 Å². The lowest BCUT2D eigenvalue weighted by Crippen LogP contribution is -2.21. The van der Waals surface area contributed by atoms with Crippen molar-refractivity contribution >= 4 is 0 Å². The fraction of sp³-hybridized carbons (Fsp3) is 1.00. The number of unbranched alkanes of at least 4 members (excludes halogenated alkanes) is 6. The molecule has 0 rings (SSSR count). The minimum absolute atomic E-state index is 1.17. The average molecular weight is 257 g/mol. The molecule has 0 aromatic carbocycles. The lowest BCUT2D eigenvalue weighted by molar-refractivity contribution is 0.314. The van der Waals surface area contributed by atoms with E-state index in [1.807, 2.05) is 14.1 Å². The van der Waals surface area contributed by atoms with E-state index in [1.165, 1.54) is 77.5 Å². The first-order valence-electron chi connectivity index (χ1n) is 7.79. The van der Waals surface area contributed by atoms with Crippen LogP contribution in [0.25, 0.3) is 0 Å². The maximum atomic E-state index is 3.20. The molecule has 0 amide bonds. The van der Waals surface area contributed by atoms with E-state index in [9.17, 15) is 0 Å². The van der Waals surface area contributed by atoms with Crippen LogP contribution in [0.2, 0.25) is 0 Å². The summed E-state index contributed by atoms with van der Waals surface area (Å²) in [6.07, 6.45) is 10.9. The van der Waals surface area contributed by atoms with E-state index in [4.69, 9.17) is 0 Å². The van der Waals surface area contributed by atoms with E-state index in [0.29, 0.717) is 0 Å². The molecule has 3 nitrogen and oxygen atoms in total. The maximum Gasteiger partial charge on any atom is -0.00218 e. The van der Waals surface area contributed by atoms with Crippen LogP contribution in [-0.2, 0) is 0 Å². The number of nitrogens with one attached hydrogen (secondary N) is 2. The van der Waals surface area contributed by atoms with Gasteiger partial charge in [0.05, 0.1) is 0 Å². The highest BCUT2D eigenvalue weighted by Crippen LogP contribution is 2.03. The summed E-state index contributed by atoms with van der Waals surface area (Å²) >= 11 is 0. The lowest BCUT2D eigenvalue weighted by atomic mass is 10.1. The van der Waals surface area contributed by atoms with Crippen molar-refractivity contribution in [3.8, 4) is 0 Å². The Balaban J connectivity index is 3.10. The van der Waals surface area contributed by atoms with Crippen LogP contribution < -0.4 is 10.6 Å². The fourth-order valence-electron chi connectivity index (χ4n) is 2.19. The minimum atomic E-state index is 1.17. The standard InChI is InChI=1S/C15H35N3/c1-16-12-8-4-6-10-14-18(3)15-11-7-5-9-13-17-2/h16-17H,4-15H2,1-3H3. The lowest BCUT2D eigenvalue weighted by Gasteiger charge is -2.16. The van der Waals surface area contributed by atoms with E-state index >= 15 is 0 Å². The van der Waals surface area contributed by atoms with Gasteiger partial charge in [-0.15, -0.1) is 0 Å². The van der Waals surface area contributed by atoms with Crippen molar-refractivity contribution in [1.82, 2.24) is 15.5 Å². The molecule has 3 heteroatoms. The molecule has 0 bridgehead atoms. The number of hydrogen-bond donors (Lipinski definition) is 2. The van der Waals surface area contributed by atoms with E-state index in [-0.39, 0.29) is 0 Å². The molecular formula is C15H35N3. The van der Waals surface area contributed by atoms with Crippen LogP contribution >= 0.6 is 0 Å². The van der Waals surface area contributed by atoms with Gasteiger partial charge >= 0.3 is 0 Å². The minimum Gasteiger partial charge on any atom is -0.320 e. The van der Waals surface area contributed by atoms with Gasteiger partial charge in [0.15, 0.2) is 0 Å². The molecule has 0 aliphatic carbocycles. The average Bonchev–Trinajstić information content (AvgIpc) is 2.38. The highest BCUT2D eigenvalue weighted by atomic mass is 15.1. The second-order valence-electron chi connectivity index (χ2n) is 5.34. The molecule has 0 radical (unpaired) electrons. The second kappa shape index (κ2) is 14.9. The molecular weight excluding hydrogens is 222 g/mol. The van der Waals surface area contributed by atoms with Crippen molar-refractivity contribution in [1.29, 1.82) is 0 Å². The molecule has 0 aliphatic rings. The summed E-state index contributed by atoms with van der Waals surface area (Å²) in [5, 5.41) is 6.40. The third kappa shape index (κ3) is 13.9. The van der Waals surface area contributed by atoms with Crippen LogP contribution in [0.3, 0.4) is 0 Å². The van der Waals surface area contributed by atoms with Gasteiger partial charge in [-0.3, -0.25) is 0 Å². The third-order valence-electron chi connectivity index (χ3n) is 3.43. The quantitative estimate of drug-likeness (QED) is 0.468. The van der Waals surface area contributed by atoms with Gasteiger partial charge < -0.3 is 15.5 Å². The molecule has 0 aromatic rings. The summed E-state index contributed by atoms with van der Waals surface area (Å²) in [7, 11) is 6.33. The Kier molecular flexibility index (Phi) is 14.8. The van der Waals surface area contributed by atoms with Crippen molar-refractivity contribution in [2.24, 2.45) is 0 Å². The van der Waals surface area contributed by atoms with Gasteiger partial charge in [0.1, 0.15) is 0 Å². The summed E-state index contributed by atoms with van der Waals surface area (Å²) in [5.74, 6) is 0. The molecule has 0 aromatic heterocycles. The number of nitrogens with zero attached hydrogens (tertiary/aromatic N) is 1. The van der Waals surface area contributed by atoms with E-state index in [1.54, 1.807) is 0 Å². The van der Waals surface area contributed by atoms with Gasteiger partial charge in [0.25, 0.3) is 0 Å². The largest absolute Gasteiger partial charge is 0.320 e. The molecule has 0 heterocycles. The van der Waals surface area contributed by atoms with E-state index in [0.717, 1.165) is 0 Å². The molecule has 0 fully saturated rings. The van der Waals surface area contributed by atoms with Gasteiger partial charge in [0.2, 0.25) is 0 Å². The van der Waals surface area contributed by atoms with Crippen LogP contribution in [0.1, 0.15) is 51.4 Å². The first-order valence-corrected chi connectivity index (χ1v) is 7.79. The Labute approximate surface area is 115 Å². The van der Waals surface area contributed by atoms with Crippen molar-refractivity contribution in [2.75, 3.05) is 47.3 Å². The van der Waals surface area contributed by atoms with Crippen LogP contribution in [0.5, 0.6) is 0 Å². The van der Waals surface area contributed by atoms with Gasteiger partial charge in [-0.05, 0) is 73.0 Å². The Hall–Kier alpha value is -0.120. The molecule has 110 valence electrons. The Morgan fingerprint density at radius 1 is 0.611 bits per heavy atom. The molecule has 0 atom stereocenters. The highest BCUT2D eigenvalue weighted by molar-refractivity contribution is 4.54. The molecule has 2 N–H and O–H groups in total. The first-order chi connectivity index (χ1) is 8.81. The predicted octanol–water partition coefficient (Wildman–Crippen LogP) is 2.48.